The van der Waals surface area contributed by atoms with E-state index in [0.29, 0.717) is 38.4 Å². The molecule has 2 fully saturated rings. The molecule has 5 rings (SSSR count). The van der Waals surface area contributed by atoms with E-state index in [1.54, 1.807) is 0 Å². The number of aromatic carboxylic acids is 1. The lowest BCUT2D eigenvalue weighted by atomic mass is 9.84. The van der Waals surface area contributed by atoms with Crippen LogP contribution in [0.5, 0.6) is 0 Å². The minimum Gasteiger partial charge on any atom is -0.476 e. The van der Waals surface area contributed by atoms with Gasteiger partial charge in [-0.3, -0.25) is 4.79 Å². The molecule has 2 aromatic carbocycles. The first-order valence-electron chi connectivity index (χ1n) is 15.6. The average Bonchev–Trinajstić information content (AvgIpc) is 3.44. The van der Waals surface area contributed by atoms with Crippen LogP contribution >= 0.6 is 0 Å². The Balaban J connectivity index is 1.27. The molecule has 3 unspecified atom stereocenters. The number of carbonyl (C=O) groups is 2. The van der Waals surface area contributed by atoms with Gasteiger partial charge < -0.3 is 19.9 Å². The molecular weight excluding hydrogens is 596 g/mol. The van der Waals surface area contributed by atoms with Crippen molar-refractivity contribution in [2.75, 3.05) is 0 Å². The van der Waals surface area contributed by atoms with Gasteiger partial charge in [0.1, 0.15) is 5.69 Å². The molecule has 1 aromatic heterocycles. The molecule has 0 spiro atoms. The third kappa shape index (κ3) is 9.23. The zero-order valence-electron chi connectivity index (χ0n) is 25.5. The number of amides is 1. The predicted molar refractivity (Wildman–Crippen MR) is 168 cm³/mol. The van der Waals surface area contributed by atoms with Gasteiger partial charge in [0.15, 0.2) is 11.6 Å². The number of ether oxygens (including phenoxy) is 2. The molecule has 2 aliphatic rings. The van der Waals surface area contributed by atoms with Crippen LogP contribution in [0.1, 0.15) is 84.0 Å². The molecule has 1 heterocycles. The fraction of sp³-hybridized carbons (Fsp3) is 0.485. The molecule has 242 valence electrons. The van der Waals surface area contributed by atoms with E-state index in [1.807, 2.05) is 60.7 Å². The van der Waals surface area contributed by atoms with Crippen molar-refractivity contribution < 1.29 is 32.6 Å². The highest BCUT2D eigenvalue weighted by molar-refractivity contribution is 7.88. The first kappa shape index (κ1) is 32.8. The van der Waals surface area contributed by atoms with Crippen LogP contribution in [-0.4, -0.2) is 59.5 Å². The van der Waals surface area contributed by atoms with Crippen LogP contribution in [0.3, 0.4) is 0 Å². The summed E-state index contributed by atoms with van der Waals surface area (Å²) in [5.41, 5.74) is 1.47. The molecule has 2 aliphatic carbocycles. The van der Waals surface area contributed by atoms with Crippen molar-refractivity contribution in [2.45, 2.75) is 95.3 Å². The second-order valence-corrected chi connectivity index (χ2v) is 13.9. The van der Waals surface area contributed by atoms with E-state index in [4.69, 9.17) is 9.47 Å². The summed E-state index contributed by atoms with van der Waals surface area (Å²) < 4.78 is 42.9. The maximum absolute atomic E-state index is 13.6. The topological polar surface area (TPSA) is 149 Å². The Hall–Kier alpha value is -3.58. The van der Waals surface area contributed by atoms with Gasteiger partial charge in [0, 0.05) is 12.1 Å². The quantitative estimate of drug-likeness (QED) is 0.248. The van der Waals surface area contributed by atoms with Crippen molar-refractivity contribution in [3.05, 3.63) is 89.2 Å². The maximum Gasteiger partial charge on any atom is 0.356 e. The smallest absolute Gasteiger partial charge is 0.356 e. The Kier molecular flexibility index (Phi) is 11.0. The number of rotatable bonds is 13. The highest BCUT2D eigenvalue weighted by Gasteiger charge is 2.34. The number of carboxylic acids is 1. The number of hydrogen-bond donors (Lipinski definition) is 3. The molecule has 12 heteroatoms. The van der Waals surface area contributed by atoms with E-state index in [2.05, 4.69) is 22.1 Å². The summed E-state index contributed by atoms with van der Waals surface area (Å²) >= 11 is 0. The first-order valence-corrected chi connectivity index (χ1v) is 17.2. The van der Waals surface area contributed by atoms with E-state index in [-0.39, 0.29) is 23.9 Å². The van der Waals surface area contributed by atoms with Crippen LogP contribution in [0.15, 0.2) is 66.7 Å². The van der Waals surface area contributed by atoms with Crippen LogP contribution in [0.2, 0.25) is 0 Å². The minimum atomic E-state index is -4.04. The van der Waals surface area contributed by atoms with Crippen LogP contribution in [0, 0.1) is 5.92 Å². The Morgan fingerprint density at radius 2 is 1.49 bits per heavy atom. The summed E-state index contributed by atoms with van der Waals surface area (Å²) in [7, 11) is -4.04. The molecule has 11 nitrogen and oxygen atoms in total. The zero-order valence-corrected chi connectivity index (χ0v) is 26.3. The number of hydrogen-bond acceptors (Lipinski definition) is 7. The summed E-state index contributed by atoms with van der Waals surface area (Å²) in [5.74, 6) is -2.31. The number of benzene rings is 2. The average molecular weight is 639 g/mol. The summed E-state index contributed by atoms with van der Waals surface area (Å²) in [5, 5.41) is 16.6. The van der Waals surface area contributed by atoms with Crippen molar-refractivity contribution in [1.29, 1.82) is 0 Å². The van der Waals surface area contributed by atoms with E-state index < -0.39 is 39.5 Å². The fourth-order valence-electron chi connectivity index (χ4n) is 6.16. The molecule has 3 N–H and O–H groups in total. The van der Waals surface area contributed by atoms with Crippen LogP contribution < -0.4 is 10.0 Å². The number of nitrogens with zero attached hydrogens (tertiary/aromatic N) is 2. The molecule has 0 radical (unpaired) electrons. The van der Waals surface area contributed by atoms with Gasteiger partial charge in [0.05, 0.1) is 31.5 Å². The van der Waals surface area contributed by atoms with Crippen LogP contribution in [0.4, 0.5) is 0 Å². The van der Waals surface area contributed by atoms with Crippen molar-refractivity contribution in [2.24, 2.45) is 5.92 Å². The first-order chi connectivity index (χ1) is 21.7. The summed E-state index contributed by atoms with van der Waals surface area (Å²) in [6.45, 7) is 2.87. The highest BCUT2D eigenvalue weighted by atomic mass is 32.2. The SMILES string of the molecule is CC1CCC(OCc2ccccc2)C(NC(=O)c2cc(C(=O)O)nn2CS(=O)(=O)N[C@H]2CCCC[C@@H]2OCc2ccccc2)C1. The van der Waals surface area contributed by atoms with Crippen LogP contribution in [-0.2, 0) is 38.6 Å². The third-order valence-electron chi connectivity index (χ3n) is 8.54. The lowest BCUT2D eigenvalue weighted by molar-refractivity contribution is -0.0133. The Labute approximate surface area is 264 Å². The minimum absolute atomic E-state index is 0.140. The predicted octanol–water partition coefficient (Wildman–Crippen LogP) is 4.49. The van der Waals surface area contributed by atoms with Gasteiger partial charge in [-0.1, -0.05) is 80.4 Å². The molecule has 3 aromatic rings. The molecule has 5 atom stereocenters. The lowest BCUT2D eigenvalue weighted by Crippen LogP contribution is -2.49. The molecule has 1 amide bonds. The standard InChI is InChI=1S/C33H42N4O7S/c1-23-16-17-31(44-21-25-12-6-3-7-13-25)27(18-23)34-32(38)29-19-28(33(39)40)35-37(29)22-45(41,42)36-26-14-8-9-15-30(26)43-20-24-10-4-2-5-11-24/h2-7,10-13,19,23,26-27,30-31,36H,8-9,14-18,20-22H2,1H3,(H,34,38)(H,39,40)/t23?,26-,27?,30-,31?/m0/s1. The monoisotopic (exact) mass is 638 g/mol. The third-order valence-corrected chi connectivity index (χ3v) is 9.78. The Bertz CT molecular complexity index is 1530. The molecule has 0 aliphatic heterocycles. The fourth-order valence-corrected chi connectivity index (χ4v) is 7.49. The van der Waals surface area contributed by atoms with Crippen LogP contribution in [0.25, 0.3) is 0 Å². The number of carbonyl (C=O) groups excluding carboxylic acids is 1. The van der Waals surface area contributed by atoms with Gasteiger partial charge in [-0.05, 0) is 49.1 Å². The van der Waals surface area contributed by atoms with Crippen molar-refractivity contribution in [3.8, 4) is 0 Å². The molecular formula is C33H42N4O7S. The summed E-state index contributed by atoms with van der Waals surface area (Å²) in [6.07, 6.45) is 4.93. The van der Waals surface area contributed by atoms with Crippen molar-refractivity contribution in [3.63, 3.8) is 0 Å². The van der Waals surface area contributed by atoms with Gasteiger partial charge in [0.25, 0.3) is 5.91 Å². The van der Waals surface area contributed by atoms with Gasteiger partial charge in [-0.15, -0.1) is 0 Å². The number of carboxylic acid groups (broad SMARTS) is 1. The molecule has 2 saturated carbocycles. The van der Waals surface area contributed by atoms with E-state index >= 15 is 0 Å². The lowest BCUT2D eigenvalue weighted by Gasteiger charge is -2.35. The number of nitrogens with one attached hydrogen (secondary N) is 2. The highest BCUT2D eigenvalue weighted by Crippen LogP contribution is 2.28. The number of sulfonamides is 1. The second kappa shape index (κ2) is 15.1. The molecule has 0 bridgehead atoms. The van der Waals surface area contributed by atoms with Gasteiger partial charge in [-0.25, -0.2) is 22.6 Å². The second-order valence-electron chi connectivity index (χ2n) is 12.1. The summed E-state index contributed by atoms with van der Waals surface area (Å²) in [6, 6.07) is 19.8. The van der Waals surface area contributed by atoms with Gasteiger partial charge in [0.2, 0.25) is 10.0 Å². The Morgan fingerprint density at radius 3 is 2.11 bits per heavy atom. The van der Waals surface area contributed by atoms with E-state index in [9.17, 15) is 23.1 Å². The van der Waals surface area contributed by atoms with E-state index in [0.717, 1.165) is 47.6 Å². The summed E-state index contributed by atoms with van der Waals surface area (Å²) in [4.78, 5) is 25.4. The van der Waals surface area contributed by atoms with Crippen molar-refractivity contribution >= 4 is 21.9 Å². The normalized spacial score (nSPS) is 23.8. The largest absolute Gasteiger partial charge is 0.476 e. The maximum atomic E-state index is 13.6. The van der Waals surface area contributed by atoms with Gasteiger partial charge in [-0.2, -0.15) is 5.10 Å². The van der Waals surface area contributed by atoms with Crippen molar-refractivity contribution in [1.82, 2.24) is 19.8 Å². The molecule has 45 heavy (non-hydrogen) atoms. The molecule has 0 saturated heterocycles. The van der Waals surface area contributed by atoms with E-state index in [1.165, 1.54) is 0 Å². The zero-order chi connectivity index (χ0) is 31.8. The van der Waals surface area contributed by atoms with Gasteiger partial charge >= 0.3 is 5.97 Å². The number of aromatic nitrogens is 2. The Morgan fingerprint density at radius 1 is 0.889 bits per heavy atom.